The van der Waals surface area contributed by atoms with E-state index >= 15 is 0 Å². The van der Waals surface area contributed by atoms with Gasteiger partial charge < -0.3 is 19.9 Å². The molecule has 7 nitrogen and oxygen atoms in total. The molecule has 1 saturated heterocycles. The fourth-order valence-electron chi connectivity index (χ4n) is 4.42. The molecule has 0 aliphatic carbocycles. The quantitative estimate of drug-likeness (QED) is 0.152. The minimum absolute atomic E-state index is 0.0679. The summed E-state index contributed by atoms with van der Waals surface area (Å²) < 4.78 is 10.4. The molecule has 1 heterocycles. The summed E-state index contributed by atoms with van der Waals surface area (Å²) >= 11 is 0. The van der Waals surface area contributed by atoms with Gasteiger partial charge in [-0.15, -0.1) is 0 Å². The Kier molecular flexibility index (Phi) is 21.1. The number of nitrogens with one attached hydrogen (secondary N) is 1. The van der Waals surface area contributed by atoms with E-state index in [1.807, 2.05) is 4.90 Å². The summed E-state index contributed by atoms with van der Waals surface area (Å²) in [6, 6.07) is 0. The van der Waals surface area contributed by atoms with Gasteiger partial charge in [-0.1, -0.05) is 96.8 Å². The van der Waals surface area contributed by atoms with Crippen molar-refractivity contribution >= 4 is 11.9 Å². The number of carbonyl (C=O) groups is 2. The van der Waals surface area contributed by atoms with E-state index in [0.29, 0.717) is 32.6 Å². The Morgan fingerprint density at radius 2 is 1.34 bits per heavy atom. The second kappa shape index (κ2) is 23.2. The SMILES string of the molecule is CCCCCCCCCCCCCCCCCC(=O)NCCCOC(=O)C(O)CN1CCOCC1. The van der Waals surface area contributed by atoms with Crippen molar-refractivity contribution in [3.63, 3.8) is 0 Å². The molecule has 1 rings (SSSR count). The van der Waals surface area contributed by atoms with Crippen LogP contribution in [-0.2, 0) is 19.1 Å². The van der Waals surface area contributed by atoms with Crippen LogP contribution in [0, 0.1) is 0 Å². The van der Waals surface area contributed by atoms with Crippen molar-refractivity contribution in [1.29, 1.82) is 0 Å². The average molecular weight is 499 g/mol. The van der Waals surface area contributed by atoms with E-state index in [9.17, 15) is 14.7 Å². The van der Waals surface area contributed by atoms with E-state index in [4.69, 9.17) is 9.47 Å². The molecule has 1 aliphatic rings. The first kappa shape index (κ1) is 31.8. The number of nitrogens with zero attached hydrogens (tertiary/aromatic N) is 1. The van der Waals surface area contributed by atoms with E-state index in [-0.39, 0.29) is 19.1 Å². The number of aliphatic hydroxyl groups excluding tert-OH is 1. The molecule has 1 amide bonds. The van der Waals surface area contributed by atoms with Crippen molar-refractivity contribution in [2.45, 2.75) is 122 Å². The van der Waals surface area contributed by atoms with Gasteiger partial charge in [-0.2, -0.15) is 0 Å². The number of ether oxygens (including phenoxy) is 2. The second-order valence-corrected chi connectivity index (χ2v) is 10.00. The van der Waals surface area contributed by atoms with Gasteiger partial charge in [0.1, 0.15) is 0 Å². The Morgan fingerprint density at radius 1 is 0.829 bits per heavy atom. The molecular weight excluding hydrogens is 444 g/mol. The predicted molar refractivity (Wildman–Crippen MR) is 141 cm³/mol. The number of rotatable bonds is 23. The van der Waals surface area contributed by atoms with Gasteiger partial charge in [0.05, 0.1) is 19.8 Å². The van der Waals surface area contributed by atoms with E-state index in [0.717, 1.165) is 25.9 Å². The normalized spacial score (nSPS) is 15.1. The lowest BCUT2D eigenvalue weighted by Gasteiger charge is -2.27. The number of aliphatic hydroxyl groups is 1. The van der Waals surface area contributed by atoms with Gasteiger partial charge in [-0.25, -0.2) is 4.79 Å². The number of carbonyl (C=O) groups excluding carboxylic acids is 2. The third kappa shape index (κ3) is 19.7. The number of hydrogen-bond acceptors (Lipinski definition) is 6. The van der Waals surface area contributed by atoms with Gasteiger partial charge in [0.25, 0.3) is 0 Å². The summed E-state index contributed by atoms with van der Waals surface area (Å²) in [5.41, 5.74) is 0. The zero-order chi connectivity index (χ0) is 25.4. The Labute approximate surface area is 214 Å². The number of β-amino-alcohol motifs (C(OH)–C–C–N with tert-alkyl or cyclic N) is 1. The molecule has 1 atom stereocenters. The minimum Gasteiger partial charge on any atom is -0.464 e. The molecule has 206 valence electrons. The summed E-state index contributed by atoms with van der Waals surface area (Å²) in [6.45, 7) is 5.93. The lowest BCUT2D eigenvalue weighted by Crippen LogP contribution is -2.43. The molecule has 0 bridgehead atoms. The highest BCUT2D eigenvalue weighted by atomic mass is 16.5. The Hall–Kier alpha value is -1.18. The molecule has 0 aromatic heterocycles. The van der Waals surface area contributed by atoms with E-state index in [1.165, 1.54) is 83.5 Å². The van der Waals surface area contributed by atoms with Crippen LogP contribution in [0.4, 0.5) is 0 Å². The van der Waals surface area contributed by atoms with Gasteiger partial charge in [-0.05, 0) is 12.8 Å². The van der Waals surface area contributed by atoms with Gasteiger partial charge in [0, 0.05) is 32.6 Å². The summed E-state index contributed by atoms with van der Waals surface area (Å²) in [4.78, 5) is 25.8. The highest BCUT2D eigenvalue weighted by Crippen LogP contribution is 2.13. The van der Waals surface area contributed by atoms with Crippen LogP contribution in [-0.4, -0.2) is 74.0 Å². The molecule has 1 aliphatic heterocycles. The number of amides is 1. The van der Waals surface area contributed by atoms with Crippen LogP contribution in [0.2, 0.25) is 0 Å². The lowest BCUT2D eigenvalue weighted by atomic mass is 10.0. The Bertz CT molecular complexity index is 512. The van der Waals surface area contributed by atoms with E-state index in [2.05, 4.69) is 12.2 Å². The fourth-order valence-corrected chi connectivity index (χ4v) is 4.42. The second-order valence-electron chi connectivity index (χ2n) is 10.00. The number of morpholine rings is 1. The summed E-state index contributed by atoms with van der Waals surface area (Å²) in [5, 5.41) is 12.8. The van der Waals surface area contributed by atoms with Crippen LogP contribution in [0.1, 0.15) is 116 Å². The third-order valence-electron chi connectivity index (χ3n) is 6.70. The van der Waals surface area contributed by atoms with Crippen molar-refractivity contribution in [2.24, 2.45) is 0 Å². The molecule has 0 spiro atoms. The monoisotopic (exact) mass is 498 g/mol. The molecule has 1 unspecified atom stereocenters. The molecule has 35 heavy (non-hydrogen) atoms. The van der Waals surface area contributed by atoms with Crippen molar-refractivity contribution < 1.29 is 24.2 Å². The summed E-state index contributed by atoms with van der Waals surface area (Å²) in [5.74, 6) is -0.529. The Morgan fingerprint density at radius 3 is 1.89 bits per heavy atom. The maximum absolute atomic E-state index is 11.9. The first-order chi connectivity index (χ1) is 17.1. The molecule has 0 aromatic rings. The first-order valence-electron chi connectivity index (χ1n) is 14.5. The molecule has 7 heteroatoms. The van der Waals surface area contributed by atoms with Crippen LogP contribution < -0.4 is 5.32 Å². The van der Waals surface area contributed by atoms with Crippen molar-refractivity contribution in [3.05, 3.63) is 0 Å². The van der Waals surface area contributed by atoms with Crippen molar-refractivity contribution in [2.75, 3.05) is 46.0 Å². The number of unbranched alkanes of at least 4 members (excludes halogenated alkanes) is 14. The van der Waals surface area contributed by atoms with Crippen LogP contribution in [0.3, 0.4) is 0 Å². The van der Waals surface area contributed by atoms with E-state index in [1.54, 1.807) is 0 Å². The predicted octanol–water partition coefficient (Wildman–Crippen LogP) is 4.99. The van der Waals surface area contributed by atoms with Gasteiger partial charge in [0.2, 0.25) is 5.91 Å². The maximum Gasteiger partial charge on any atom is 0.336 e. The van der Waals surface area contributed by atoms with Gasteiger partial charge in [0.15, 0.2) is 6.10 Å². The zero-order valence-corrected chi connectivity index (χ0v) is 22.6. The summed E-state index contributed by atoms with van der Waals surface area (Å²) in [7, 11) is 0. The zero-order valence-electron chi connectivity index (χ0n) is 22.6. The Balaban J connectivity index is 1.80. The highest BCUT2D eigenvalue weighted by Gasteiger charge is 2.21. The number of hydrogen-bond donors (Lipinski definition) is 2. The molecule has 0 saturated carbocycles. The topological polar surface area (TPSA) is 88.1 Å². The fraction of sp³-hybridized carbons (Fsp3) is 0.929. The largest absolute Gasteiger partial charge is 0.464 e. The van der Waals surface area contributed by atoms with Crippen LogP contribution in [0.15, 0.2) is 0 Å². The van der Waals surface area contributed by atoms with Crippen LogP contribution in [0.25, 0.3) is 0 Å². The van der Waals surface area contributed by atoms with Crippen molar-refractivity contribution in [1.82, 2.24) is 10.2 Å². The maximum atomic E-state index is 11.9. The average Bonchev–Trinajstić information content (AvgIpc) is 2.86. The molecule has 2 N–H and O–H groups in total. The molecule has 0 aromatic carbocycles. The smallest absolute Gasteiger partial charge is 0.336 e. The third-order valence-corrected chi connectivity index (χ3v) is 6.70. The van der Waals surface area contributed by atoms with Crippen LogP contribution in [0.5, 0.6) is 0 Å². The van der Waals surface area contributed by atoms with Gasteiger partial charge in [-0.3, -0.25) is 9.69 Å². The molecule has 0 radical (unpaired) electrons. The first-order valence-corrected chi connectivity index (χ1v) is 14.5. The van der Waals surface area contributed by atoms with Gasteiger partial charge >= 0.3 is 5.97 Å². The standard InChI is InChI=1S/C28H54N2O5/c1-2-3-4-5-6-7-8-9-10-11-12-13-14-15-16-18-27(32)29-19-17-22-35-28(33)26(31)25-30-20-23-34-24-21-30/h26,31H,2-25H2,1H3,(H,29,32). The van der Waals surface area contributed by atoms with Crippen molar-refractivity contribution in [3.8, 4) is 0 Å². The summed E-state index contributed by atoms with van der Waals surface area (Å²) in [6.07, 6.45) is 19.8. The highest BCUT2D eigenvalue weighted by molar-refractivity contribution is 5.75. The molecular formula is C28H54N2O5. The molecule has 1 fully saturated rings. The minimum atomic E-state index is -1.13. The van der Waals surface area contributed by atoms with Crippen LogP contribution >= 0.6 is 0 Å². The number of esters is 1. The van der Waals surface area contributed by atoms with E-state index < -0.39 is 12.1 Å². The lowest BCUT2D eigenvalue weighted by molar-refractivity contribution is -0.155.